The van der Waals surface area contributed by atoms with E-state index in [0.717, 1.165) is 0 Å². The minimum absolute atomic E-state index is 1.22. The summed E-state index contributed by atoms with van der Waals surface area (Å²) < 4.78 is 0. The van der Waals surface area contributed by atoms with Gasteiger partial charge in [0.1, 0.15) is 0 Å². The van der Waals surface area contributed by atoms with Crippen LogP contribution in [0.4, 0.5) is 0 Å². The number of rotatable bonds is 1. The van der Waals surface area contributed by atoms with Crippen molar-refractivity contribution < 1.29 is 15.3 Å². The van der Waals surface area contributed by atoms with Gasteiger partial charge in [0.25, 0.3) is 0 Å². The van der Waals surface area contributed by atoms with Crippen LogP contribution >= 0.6 is 0 Å². The first-order valence-electron chi connectivity index (χ1n) is 1.62. The summed E-state index contributed by atoms with van der Waals surface area (Å²) in [4.78, 5) is 0. The molecule has 0 aliphatic carbocycles. The fraction of sp³-hybridized carbons (Fsp3) is 0.667. The van der Waals surface area contributed by atoms with Gasteiger partial charge >= 0.3 is 0 Å². The fourth-order valence-electron chi connectivity index (χ4n) is 0.0667. The first-order valence-corrected chi connectivity index (χ1v) is 1.62. The molecule has 0 aromatic carbocycles. The van der Waals surface area contributed by atoms with Crippen LogP contribution in [-0.2, 0) is 0 Å². The van der Waals surface area contributed by atoms with Crippen molar-refractivity contribution in [2.45, 2.75) is 12.4 Å². The zero-order valence-corrected chi connectivity index (χ0v) is 3.44. The molecule has 0 amide bonds. The Morgan fingerprint density at radius 1 is 1.29 bits per heavy atom. The van der Waals surface area contributed by atoms with E-state index in [-0.39, 0.29) is 0 Å². The van der Waals surface area contributed by atoms with Gasteiger partial charge in [-0.05, 0) is 0 Å². The molecule has 4 nitrogen and oxygen atoms in total. The van der Waals surface area contributed by atoms with Gasteiger partial charge in [0, 0.05) is 0 Å². The van der Waals surface area contributed by atoms with Gasteiger partial charge < -0.3 is 15.3 Å². The summed E-state index contributed by atoms with van der Waals surface area (Å²) in [6, 6.07) is 1.22. The van der Waals surface area contributed by atoms with Crippen molar-refractivity contribution in [3.63, 3.8) is 0 Å². The molecule has 1 atom stereocenters. The summed E-state index contributed by atoms with van der Waals surface area (Å²) in [6.07, 6.45) is -3.62. The maximum absolute atomic E-state index is 8.07. The number of hydrogen-bond acceptors (Lipinski definition) is 4. The zero-order valence-electron chi connectivity index (χ0n) is 3.44. The molecule has 0 bridgehead atoms. The monoisotopic (exact) mass is 103 g/mol. The Balaban J connectivity index is 3.40. The smallest absolute Gasteiger partial charge is 0.192 e. The second kappa shape index (κ2) is 2.53. The molecule has 0 aliphatic heterocycles. The quantitative estimate of drug-likeness (QED) is 0.269. The minimum atomic E-state index is -1.94. The van der Waals surface area contributed by atoms with Crippen LogP contribution in [0, 0.1) is 11.3 Å². The number of hydrogen-bond donors (Lipinski definition) is 3. The van der Waals surface area contributed by atoms with Crippen molar-refractivity contribution in [2.24, 2.45) is 0 Å². The minimum Gasteiger partial charge on any atom is -0.374 e. The van der Waals surface area contributed by atoms with E-state index < -0.39 is 12.4 Å². The Morgan fingerprint density at radius 2 is 1.71 bits per heavy atom. The lowest BCUT2D eigenvalue weighted by molar-refractivity contribution is -0.101. The zero-order chi connectivity index (χ0) is 5.86. The van der Waals surface area contributed by atoms with Crippen LogP contribution < -0.4 is 0 Å². The summed E-state index contributed by atoms with van der Waals surface area (Å²) in [5.41, 5.74) is 0. The molecule has 1 unspecified atom stereocenters. The Labute approximate surface area is 40.2 Å². The topological polar surface area (TPSA) is 84.5 Å². The summed E-state index contributed by atoms with van der Waals surface area (Å²) in [7, 11) is 0. The fourth-order valence-corrected chi connectivity index (χ4v) is 0.0667. The molecule has 0 saturated heterocycles. The predicted molar refractivity (Wildman–Crippen MR) is 19.8 cm³/mol. The molecular weight excluding hydrogens is 98.0 g/mol. The Bertz CT molecular complexity index is 84.7. The molecule has 0 fully saturated rings. The van der Waals surface area contributed by atoms with E-state index in [1.165, 1.54) is 6.07 Å². The Morgan fingerprint density at radius 3 is 1.71 bits per heavy atom. The third kappa shape index (κ3) is 2.11. The van der Waals surface area contributed by atoms with Crippen LogP contribution in [0.5, 0.6) is 0 Å². The lowest BCUT2D eigenvalue weighted by atomic mass is 10.4. The van der Waals surface area contributed by atoms with Gasteiger partial charge in [-0.25, -0.2) is 0 Å². The first-order chi connectivity index (χ1) is 3.18. The Kier molecular flexibility index (Phi) is 2.30. The van der Waals surface area contributed by atoms with Crippen LogP contribution in [0.3, 0.4) is 0 Å². The van der Waals surface area contributed by atoms with E-state index in [0.29, 0.717) is 0 Å². The third-order valence-corrected chi connectivity index (χ3v) is 0.415. The molecule has 0 spiro atoms. The van der Waals surface area contributed by atoms with Gasteiger partial charge in [-0.2, -0.15) is 5.26 Å². The number of aliphatic hydroxyl groups is 3. The van der Waals surface area contributed by atoms with Gasteiger partial charge in [-0.1, -0.05) is 0 Å². The lowest BCUT2D eigenvalue weighted by Crippen LogP contribution is -2.22. The maximum Gasteiger partial charge on any atom is 0.192 e. The van der Waals surface area contributed by atoms with Crippen LogP contribution in [0.1, 0.15) is 0 Å². The molecule has 0 aliphatic rings. The van der Waals surface area contributed by atoms with Crippen molar-refractivity contribution in [3.05, 3.63) is 0 Å². The number of aliphatic hydroxyl groups excluding tert-OH is 2. The van der Waals surface area contributed by atoms with Crippen molar-refractivity contribution in [3.8, 4) is 6.07 Å². The third-order valence-electron chi connectivity index (χ3n) is 0.415. The van der Waals surface area contributed by atoms with Gasteiger partial charge in [-0.3, -0.25) is 0 Å². The van der Waals surface area contributed by atoms with Crippen molar-refractivity contribution in [1.29, 1.82) is 5.26 Å². The summed E-state index contributed by atoms with van der Waals surface area (Å²) in [6.45, 7) is 0. The molecule has 0 radical (unpaired) electrons. The lowest BCUT2D eigenvalue weighted by Gasteiger charge is -1.99. The maximum atomic E-state index is 8.07. The van der Waals surface area contributed by atoms with Crippen molar-refractivity contribution in [1.82, 2.24) is 0 Å². The van der Waals surface area contributed by atoms with E-state index >= 15 is 0 Å². The standard InChI is InChI=1S/C3H5NO3/c4-1-2(5)3(6)7/h2-3,5-7H. The SMILES string of the molecule is N#CC(O)C(O)O. The van der Waals surface area contributed by atoms with E-state index in [9.17, 15) is 0 Å². The number of nitrogens with zero attached hydrogens (tertiary/aromatic N) is 1. The Hall–Kier alpha value is -0.630. The molecule has 0 saturated carbocycles. The van der Waals surface area contributed by atoms with Gasteiger partial charge in [0.15, 0.2) is 12.4 Å². The molecule has 3 N–H and O–H groups in total. The van der Waals surface area contributed by atoms with Crippen molar-refractivity contribution >= 4 is 0 Å². The average Bonchev–Trinajstić information content (AvgIpc) is 1.65. The summed E-state index contributed by atoms with van der Waals surface area (Å²) >= 11 is 0. The molecule has 0 rings (SSSR count). The molecule has 0 aromatic rings. The molecular formula is C3H5NO3. The van der Waals surface area contributed by atoms with Gasteiger partial charge in [-0.15, -0.1) is 0 Å². The van der Waals surface area contributed by atoms with E-state index in [2.05, 4.69) is 0 Å². The average molecular weight is 103 g/mol. The number of nitriles is 1. The highest BCUT2D eigenvalue weighted by atomic mass is 16.5. The predicted octanol–water partition coefficient (Wildman–Crippen LogP) is -1.82. The van der Waals surface area contributed by atoms with Crippen LogP contribution in [0.2, 0.25) is 0 Å². The molecule has 4 heteroatoms. The highest BCUT2D eigenvalue weighted by Crippen LogP contribution is 1.82. The summed E-state index contributed by atoms with van der Waals surface area (Å²) in [5, 5.41) is 31.6. The van der Waals surface area contributed by atoms with E-state index in [4.69, 9.17) is 20.6 Å². The molecule has 0 aromatic heterocycles. The van der Waals surface area contributed by atoms with Gasteiger partial charge in [0.05, 0.1) is 6.07 Å². The molecule has 7 heavy (non-hydrogen) atoms. The van der Waals surface area contributed by atoms with E-state index in [1.807, 2.05) is 0 Å². The van der Waals surface area contributed by atoms with Crippen LogP contribution in [0.15, 0.2) is 0 Å². The van der Waals surface area contributed by atoms with Crippen LogP contribution in [-0.4, -0.2) is 27.7 Å². The highest BCUT2D eigenvalue weighted by Gasteiger charge is 2.08. The second-order valence-electron chi connectivity index (χ2n) is 0.988. The normalized spacial score (nSPS) is 13.6. The largest absolute Gasteiger partial charge is 0.374 e. The highest BCUT2D eigenvalue weighted by molar-refractivity contribution is 4.82. The van der Waals surface area contributed by atoms with Crippen molar-refractivity contribution in [2.75, 3.05) is 0 Å². The van der Waals surface area contributed by atoms with Gasteiger partial charge in [0.2, 0.25) is 0 Å². The molecule has 40 valence electrons. The second-order valence-corrected chi connectivity index (χ2v) is 0.988. The molecule has 0 heterocycles. The van der Waals surface area contributed by atoms with Crippen LogP contribution in [0.25, 0.3) is 0 Å². The summed E-state index contributed by atoms with van der Waals surface area (Å²) in [5.74, 6) is 0. The first kappa shape index (κ1) is 6.37. The van der Waals surface area contributed by atoms with E-state index in [1.54, 1.807) is 0 Å².